The molecule has 2 unspecified atom stereocenters. The van der Waals surface area contributed by atoms with E-state index in [0.29, 0.717) is 6.42 Å². The number of hydrogen-bond donors (Lipinski definition) is 2. The lowest BCUT2D eigenvalue weighted by atomic mass is 9.95. The number of nitrogens with one attached hydrogen (secondary N) is 1. The molecule has 0 spiro atoms. The number of carbonyl (C=O) groups excluding carboxylic acids is 1. The van der Waals surface area contributed by atoms with Gasteiger partial charge < -0.3 is 10.0 Å². The van der Waals surface area contributed by atoms with Gasteiger partial charge in [0.25, 0.3) is 0 Å². The minimum Gasteiger partial charge on any atom is -0.394 e. The number of aliphatic hydroxyl groups excluding tert-OH is 1. The molecule has 0 bridgehead atoms. The van der Waals surface area contributed by atoms with Crippen LogP contribution in [0.25, 0.3) is 0 Å². The van der Waals surface area contributed by atoms with Crippen molar-refractivity contribution in [2.24, 2.45) is 5.92 Å². The summed E-state index contributed by atoms with van der Waals surface area (Å²) in [5, 5.41) is 16.6. The highest BCUT2D eigenvalue weighted by Gasteiger charge is 2.29. The van der Waals surface area contributed by atoms with Crippen LogP contribution in [-0.2, 0) is 11.2 Å². The Kier molecular flexibility index (Phi) is 4.81. The molecule has 20 heavy (non-hydrogen) atoms. The van der Waals surface area contributed by atoms with Crippen molar-refractivity contribution in [3.05, 3.63) is 17.0 Å². The molecule has 2 atom stereocenters. The molecule has 0 aromatic carbocycles. The summed E-state index contributed by atoms with van der Waals surface area (Å²) in [5.74, 6) is 0.0842. The first-order valence-electron chi connectivity index (χ1n) is 7.46. The molecule has 2 heterocycles. The van der Waals surface area contributed by atoms with Gasteiger partial charge in [-0.1, -0.05) is 6.92 Å². The third-order valence-corrected chi connectivity index (χ3v) is 4.33. The van der Waals surface area contributed by atoms with Gasteiger partial charge in [-0.2, -0.15) is 5.10 Å². The highest BCUT2D eigenvalue weighted by molar-refractivity contribution is 5.79. The number of aromatic nitrogens is 2. The van der Waals surface area contributed by atoms with Crippen LogP contribution in [0, 0.1) is 19.8 Å². The number of H-pyrrole nitrogens is 1. The van der Waals surface area contributed by atoms with Gasteiger partial charge in [-0.05, 0) is 45.1 Å². The molecule has 0 radical (unpaired) electrons. The molecule has 1 aromatic heterocycles. The molecular weight excluding hydrogens is 254 g/mol. The van der Waals surface area contributed by atoms with Crippen molar-refractivity contribution >= 4 is 5.91 Å². The van der Waals surface area contributed by atoms with Crippen molar-refractivity contribution in [3.8, 4) is 0 Å². The first-order chi connectivity index (χ1) is 9.54. The van der Waals surface area contributed by atoms with Crippen molar-refractivity contribution < 1.29 is 9.90 Å². The molecule has 5 heteroatoms. The summed E-state index contributed by atoms with van der Waals surface area (Å²) in [6.07, 6.45) is 3.77. The largest absolute Gasteiger partial charge is 0.394 e. The zero-order valence-corrected chi connectivity index (χ0v) is 12.6. The molecule has 1 aliphatic rings. The third-order valence-electron chi connectivity index (χ3n) is 4.33. The number of aliphatic hydroxyl groups is 1. The Morgan fingerprint density at radius 2 is 2.25 bits per heavy atom. The molecule has 5 nitrogen and oxygen atoms in total. The van der Waals surface area contributed by atoms with Gasteiger partial charge in [-0.25, -0.2) is 0 Å². The number of piperidine rings is 1. The number of nitrogens with zero attached hydrogens (tertiary/aromatic N) is 2. The monoisotopic (exact) mass is 279 g/mol. The smallest absolute Gasteiger partial charge is 0.226 e. The maximum atomic E-state index is 12.6. The second-order valence-electron chi connectivity index (χ2n) is 5.88. The molecule has 1 saturated heterocycles. The zero-order chi connectivity index (χ0) is 14.7. The van der Waals surface area contributed by atoms with E-state index in [0.717, 1.165) is 42.8 Å². The molecule has 112 valence electrons. The Morgan fingerprint density at radius 1 is 1.50 bits per heavy atom. The third kappa shape index (κ3) is 3.03. The van der Waals surface area contributed by atoms with Crippen molar-refractivity contribution in [3.63, 3.8) is 0 Å². The van der Waals surface area contributed by atoms with E-state index < -0.39 is 0 Å². The van der Waals surface area contributed by atoms with Gasteiger partial charge in [0.1, 0.15) is 0 Å². The van der Waals surface area contributed by atoms with Gasteiger partial charge in [0.2, 0.25) is 5.91 Å². The lowest BCUT2D eigenvalue weighted by Gasteiger charge is -2.36. The highest BCUT2D eigenvalue weighted by Crippen LogP contribution is 2.22. The second-order valence-corrected chi connectivity index (χ2v) is 5.88. The SMILES string of the molecule is Cc1n[nH]c(C)c1CC(C)C(=O)N1CCCCC1CO. The Morgan fingerprint density at radius 3 is 2.85 bits per heavy atom. The lowest BCUT2D eigenvalue weighted by Crippen LogP contribution is -2.48. The van der Waals surface area contributed by atoms with Crippen LogP contribution in [0.15, 0.2) is 0 Å². The number of rotatable bonds is 4. The molecule has 1 aliphatic heterocycles. The van der Waals surface area contributed by atoms with E-state index in [1.165, 1.54) is 0 Å². The number of likely N-dealkylation sites (tertiary alicyclic amines) is 1. The Labute approximate surface area is 120 Å². The summed E-state index contributed by atoms with van der Waals surface area (Å²) in [4.78, 5) is 14.5. The van der Waals surface area contributed by atoms with Gasteiger partial charge in [0.05, 0.1) is 18.3 Å². The van der Waals surface area contributed by atoms with Crippen LogP contribution in [0.4, 0.5) is 0 Å². The molecule has 2 rings (SSSR count). The molecule has 0 saturated carbocycles. The number of aromatic amines is 1. The first kappa shape index (κ1) is 15.0. The number of aryl methyl sites for hydroxylation is 2. The fraction of sp³-hybridized carbons (Fsp3) is 0.733. The fourth-order valence-electron chi connectivity index (χ4n) is 3.03. The summed E-state index contributed by atoms with van der Waals surface area (Å²) in [6, 6.07) is 0.00486. The van der Waals surface area contributed by atoms with Crippen LogP contribution in [0.5, 0.6) is 0 Å². The number of hydrogen-bond acceptors (Lipinski definition) is 3. The predicted octanol–water partition coefficient (Wildman–Crippen LogP) is 1.58. The van der Waals surface area contributed by atoms with E-state index in [9.17, 15) is 9.90 Å². The minimum atomic E-state index is -0.0721. The van der Waals surface area contributed by atoms with Crippen molar-refractivity contribution in [1.82, 2.24) is 15.1 Å². The van der Waals surface area contributed by atoms with E-state index in [2.05, 4.69) is 10.2 Å². The summed E-state index contributed by atoms with van der Waals surface area (Å²) in [7, 11) is 0. The van der Waals surface area contributed by atoms with Crippen LogP contribution in [0.2, 0.25) is 0 Å². The summed E-state index contributed by atoms with van der Waals surface area (Å²) in [6.45, 7) is 6.77. The van der Waals surface area contributed by atoms with Crippen molar-refractivity contribution in [1.29, 1.82) is 0 Å². The summed E-state index contributed by atoms with van der Waals surface area (Å²) >= 11 is 0. The van der Waals surface area contributed by atoms with Gasteiger partial charge in [-0.3, -0.25) is 9.89 Å². The predicted molar refractivity (Wildman–Crippen MR) is 77.4 cm³/mol. The van der Waals surface area contributed by atoms with Crippen LogP contribution in [0.1, 0.15) is 43.1 Å². The van der Waals surface area contributed by atoms with E-state index in [4.69, 9.17) is 0 Å². The van der Waals surface area contributed by atoms with Crippen LogP contribution in [0.3, 0.4) is 0 Å². The number of carbonyl (C=O) groups is 1. The topological polar surface area (TPSA) is 69.2 Å². The minimum absolute atomic E-state index is 0.00486. The number of amides is 1. The highest BCUT2D eigenvalue weighted by atomic mass is 16.3. The first-order valence-corrected chi connectivity index (χ1v) is 7.46. The standard InChI is InChI=1S/C15H25N3O2/c1-10(8-14-11(2)16-17-12(14)3)15(20)18-7-5-4-6-13(18)9-19/h10,13,19H,4-9H2,1-3H3,(H,16,17). The normalized spacial score (nSPS) is 21.0. The molecule has 1 aromatic rings. The molecule has 1 fully saturated rings. The molecule has 2 N–H and O–H groups in total. The Bertz CT molecular complexity index is 450. The van der Waals surface area contributed by atoms with E-state index >= 15 is 0 Å². The van der Waals surface area contributed by atoms with E-state index in [-0.39, 0.29) is 24.5 Å². The maximum Gasteiger partial charge on any atom is 0.226 e. The van der Waals surface area contributed by atoms with E-state index in [1.54, 1.807) is 0 Å². The summed E-state index contributed by atoms with van der Waals surface area (Å²) in [5.41, 5.74) is 3.16. The average molecular weight is 279 g/mol. The average Bonchev–Trinajstić information content (AvgIpc) is 2.78. The Hall–Kier alpha value is -1.36. The quantitative estimate of drug-likeness (QED) is 0.879. The van der Waals surface area contributed by atoms with E-state index in [1.807, 2.05) is 25.7 Å². The lowest BCUT2D eigenvalue weighted by molar-refractivity contribution is -0.139. The molecule has 0 aliphatic carbocycles. The maximum absolute atomic E-state index is 12.6. The van der Waals surface area contributed by atoms with Gasteiger partial charge in [0, 0.05) is 18.2 Å². The Balaban J connectivity index is 2.04. The zero-order valence-electron chi connectivity index (χ0n) is 12.6. The fourth-order valence-corrected chi connectivity index (χ4v) is 3.03. The molecular formula is C15H25N3O2. The molecule has 1 amide bonds. The van der Waals surface area contributed by atoms with Crippen molar-refractivity contribution in [2.45, 2.75) is 52.5 Å². The second kappa shape index (κ2) is 6.39. The van der Waals surface area contributed by atoms with Crippen LogP contribution >= 0.6 is 0 Å². The van der Waals surface area contributed by atoms with Crippen LogP contribution in [-0.4, -0.2) is 45.3 Å². The summed E-state index contributed by atoms with van der Waals surface area (Å²) < 4.78 is 0. The van der Waals surface area contributed by atoms with Gasteiger partial charge in [-0.15, -0.1) is 0 Å². The van der Waals surface area contributed by atoms with Crippen molar-refractivity contribution in [2.75, 3.05) is 13.2 Å². The van der Waals surface area contributed by atoms with Gasteiger partial charge in [0.15, 0.2) is 0 Å². The van der Waals surface area contributed by atoms with Crippen LogP contribution < -0.4 is 0 Å². The van der Waals surface area contributed by atoms with Gasteiger partial charge >= 0.3 is 0 Å².